The molecule has 116 valence electrons. The van der Waals surface area contributed by atoms with E-state index in [1.54, 1.807) is 0 Å². The molecule has 4 nitrogen and oxygen atoms in total. The Morgan fingerprint density at radius 1 is 1.33 bits per heavy atom. The van der Waals surface area contributed by atoms with E-state index >= 15 is 0 Å². The first kappa shape index (κ1) is 15.7. The molecule has 0 atom stereocenters. The third-order valence-electron chi connectivity index (χ3n) is 4.02. The van der Waals surface area contributed by atoms with Gasteiger partial charge in [-0.05, 0) is 57.5 Å². The average Bonchev–Trinajstić information content (AvgIpc) is 2.45. The molecule has 0 saturated carbocycles. The fraction of sp³-hybridized carbons (Fsp3) is 0.533. The molecule has 1 aliphatic rings. The lowest BCUT2D eigenvalue weighted by molar-refractivity contribution is 0.0690. The van der Waals surface area contributed by atoms with Gasteiger partial charge >= 0.3 is 5.97 Å². The van der Waals surface area contributed by atoms with Crippen LogP contribution < -0.4 is 5.32 Å². The Balaban J connectivity index is 1.89. The Hall–Kier alpha value is -1.69. The minimum atomic E-state index is -1.47. The maximum absolute atomic E-state index is 13.7. The van der Waals surface area contributed by atoms with Crippen LogP contribution in [0.2, 0.25) is 0 Å². The van der Waals surface area contributed by atoms with Crippen molar-refractivity contribution in [2.24, 2.45) is 5.92 Å². The highest BCUT2D eigenvalue weighted by Crippen LogP contribution is 2.23. The average molecular weight is 298 g/mol. The number of aromatic carboxylic acids is 1. The number of rotatable bonds is 5. The number of hydrogen-bond donors (Lipinski definition) is 2. The second-order valence-electron chi connectivity index (χ2n) is 5.56. The van der Waals surface area contributed by atoms with Crippen molar-refractivity contribution in [3.63, 3.8) is 0 Å². The van der Waals surface area contributed by atoms with Crippen LogP contribution in [0.3, 0.4) is 0 Å². The highest BCUT2D eigenvalue weighted by atomic mass is 19.2. The lowest BCUT2D eigenvalue weighted by Gasteiger charge is -2.29. The van der Waals surface area contributed by atoms with Gasteiger partial charge in [-0.2, -0.15) is 0 Å². The zero-order chi connectivity index (χ0) is 15.4. The molecule has 1 aromatic carbocycles. The summed E-state index contributed by atoms with van der Waals surface area (Å²) in [5.41, 5.74) is -0.626. The van der Waals surface area contributed by atoms with Gasteiger partial charge in [0.2, 0.25) is 0 Å². The third kappa shape index (κ3) is 3.91. The van der Waals surface area contributed by atoms with Crippen molar-refractivity contribution in [1.82, 2.24) is 4.90 Å². The van der Waals surface area contributed by atoms with Gasteiger partial charge in [0.15, 0.2) is 11.6 Å². The van der Waals surface area contributed by atoms with E-state index in [2.05, 4.69) is 17.3 Å². The molecule has 1 heterocycles. The van der Waals surface area contributed by atoms with Crippen LogP contribution in [-0.4, -0.2) is 42.7 Å². The normalized spacial score (nSPS) is 16.9. The van der Waals surface area contributed by atoms with Crippen LogP contribution in [0, 0.1) is 17.6 Å². The van der Waals surface area contributed by atoms with Crippen molar-refractivity contribution in [3.05, 3.63) is 29.3 Å². The van der Waals surface area contributed by atoms with Crippen LogP contribution in [0.1, 0.15) is 29.6 Å². The smallest absolute Gasteiger partial charge is 0.338 e. The number of carboxylic acids is 1. The summed E-state index contributed by atoms with van der Waals surface area (Å²) < 4.78 is 27.3. The van der Waals surface area contributed by atoms with Crippen LogP contribution in [0.5, 0.6) is 0 Å². The van der Waals surface area contributed by atoms with Crippen LogP contribution in [0.15, 0.2) is 12.1 Å². The van der Waals surface area contributed by atoms with Gasteiger partial charge in [-0.1, -0.05) is 0 Å². The van der Waals surface area contributed by atoms with Gasteiger partial charge in [-0.15, -0.1) is 0 Å². The van der Waals surface area contributed by atoms with E-state index in [0.29, 0.717) is 12.5 Å². The van der Waals surface area contributed by atoms with Crippen LogP contribution in [0.25, 0.3) is 0 Å². The number of carboxylic acid groups (broad SMARTS) is 1. The van der Waals surface area contributed by atoms with Gasteiger partial charge in [0.1, 0.15) is 0 Å². The second kappa shape index (κ2) is 6.85. The minimum Gasteiger partial charge on any atom is -0.478 e. The molecular formula is C15H20F2N2O2. The Labute approximate surface area is 122 Å². The lowest BCUT2D eigenvalue weighted by atomic mass is 9.94. The van der Waals surface area contributed by atoms with Gasteiger partial charge < -0.3 is 15.3 Å². The van der Waals surface area contributed by atoms with Gasteiger partial charge in [-0.3, -0.25) is 0 Å². The molecule has 0 aliphatic carbocycles. The number of nitrogens with one attached hydrogen (secondary N) is 1. The number of halogens is 2. The molecule has 0 aromatic heterocycles. The topological polar surface area (TPSA) is 52.6 Å². The van der Waals surface area contributed by atoms with Crippen molar-refractivity contribution in [3.8, 4) is 0 Å². The summed E-state index contributed by atoms with van der Waals surface area (Å²) in [6.07, 6.45) is 3.13. The van der Waals surface area contributed by atoms with E-state index < -0.39 is 23.2 Å². The molecule has 6 heteroatoms. The molecule has 0 amide bonds. The number of benzene rings is 1. The number of carbonyl (C=O) groups is 1. The molecule has 0 bridgehead atoms. The van der Waals surface area contributed by atoms with Crippen molar-refractivity contribution in [2.75, 3.05) is 32.0 Å². The Kier molecular flexibility index (Phi) is 5.12. The highest BCUT2D eigenvalue weighted by molar-refractivity contribution is 5.88. The molecular weight excluding hydrogens is 278 g/mol. The highest BCUT2D eigenvalue weighted by Gasteiger charge is 2.19. The molecule has 0 radical (unpaired) electrons. The van der Waals surface area contributed by atoms with Crippen molar-refractivity contribution in [2.45, 2.75) is 19.3 Å². The molecule has 0 unspecified atom stereocenters. The first-order valence-electron chi connectivity index (χ1n) is 7.12. The largest absolute Gasteiger partial charge is 0.478 e. The van der Waals surface area contributed by atoms with Crippen LogP contribution in [-0.2, 0) is 0 Å². The molecule has 21 heavy (non-hydrogen) atoms. The van der Waals surface area contributed by atoms with Gasteiger partial charge in [0.05, 0.1) is 11.3 Å². The lowest BCUT2D eigenvalue weighted by Crippen LogP contribution is -2.30. The Morgan fingerprint density at radius 3 is 2.62 bits per heavy atom. The zero-order valence-electron chi connectivity index (χ0n) is 12.0. The summed E-state index contributed by atoms with van der Waals surface area (Å²) in [5, 5.41) is 11.6. The van der Waals surface area contributed by atoms with E-state index in [1.165, 1.54) is 6.07 Å². The summed E-state index contributed by atoms with van der Waals surface area (Å²) in [6, 6.07) is 2.36. The molecule has 1 fully saturated rings. The predicted octanol–water partition coefficient (Wildman–Crippen LogP) is 2.81. The number of likely N-dealkylation sites (tertiary alicyclic amines) is 1. The molecule has 1 saturated heterocycles. The van der Waals surface area contributed by atoms with E-state index in [-0.39, 0.29) is 5.69 Å². The Morgan fingerprint density at radius 2 is 2.00 bits per heavy atom. The summed E-state index contributed by atoms with van der Waals surface area (Å²) in [5.74, 6) is -3.31. The van der Waals surface area contributed by atoms with Crippen molar-refractivity contribution >= 4 is 11.7 Å². The second-order valence-corrected chi connectivity index (χ2v) is 5.56. The molecule has 1 aromatic rings. The fourth-order valence-corrected chi connectivity index (χ4v) is 2.61. The molecule has 0 spiro atoms. The molecule has 2 N–H and O–H groups in total. The van der Waals surface area contributed by atoms with Crippen molar-refractivity contribution < 1.29 is 18.7 Å². The minimum absolute atomic E-state index is 0.0189. The van der Waals surface area contributed by atoms with Crippen LogP contribution in [0.4, 0.5) is 14.5 Å². The zero-order valence-corrected chi connectivity index (χ0v) is 12.0. The number of hydrogen-bond acceptors (Lipinski definition) is 3. The van der Waals surface area contributed by atoms with E-state index in [4.69, 9.17) is 5.11 Å². The van der Waals surface area contributed by atoms with Gasteiger partial charge in [0, 0.05) is 6.54 Å². The van der Waals surface area contributed by atoms with Crippen LogP contribution >= 0.6 is 0 Å². The standard InChI is InChI=1S/C15H20F2N2O2/c1-19-8-5-10(6-9-19)4-7-18-12-3-2-11(15(20)21)13(16)14(12)17/h2-3,10,18H,4-9H2,1H3,(H,20,21). The summed E-state index contributed by atoms with van der Waals surface area (Å²) in [7, 11) is 2.09. The molecule has 2 rings (SSSR count). The van der Waals surface area contributed by atoms with Crippen molar-refractivity contribution in [1.29, 1.82) is 0 Å². The van der Waals surface area contributed by atoms with Gasteiger partial charge in [-0.25, -0.2) is 13.6 Å². The summed E-state index contributed by atoms with van der Waals surface area (Å²) in [6.45, 7) is 2.69. The first-order chi connectivity index (χ1) is 9.99. The summed E-state index contributed by atoms with van der Waals surface area (Å²) in [4.78, 5) is 13.0. The SMILES string of the molecule is CN1CCC(CCNc2ccc(C(=O)O)c(F)c2F)CC1. The first-order valence-corrected chi connectivity index (χ1v) is 7.12. The quantitative estimate of drug-likeness (QED) is 0.877. The fourth-order valence-electron chi connectivity index (χ4n) is 2.61. The number of piperidine rings is 1. The monoisotopic (exact) mass is 298 g/mol. The number of nitrogens with zero attached hydrogens (tertiary/aromatic N) is 1. The van der Waals surface area contributed by atoms with E-state index in [0.717, 1.165) is 38.4 Å². The van der Waals surface area contributed by atoms with E-state index in [1.807, 2.05) is 0 Å². The molecule has 1 aliphatic heterocycles. The summed E-state index contributed by atoms with van der Waals surface area (Å²) >= 11 is 0. The maximum Gasteiger partial charge on any atom is 0.338 e. The number of anilines is 1. The Bertz CT molecular complexity index is 515. The predicted molar refractivity (Wildman–Crippen MR) is 76.6 cm³/mol. The maximum atomic E-state index is 13.7. The van der Waals surface area contributed by atoms with Gasteiger partial charge in [0.25, 0.3) is 0 Å². The third-order valence-corrected chi connectivity index (χ3v) is 4.02. The van der Waals surface area contributed by atoms with E-state index in [9.17, 15) is 13.6 Å².